The van der Waals surface area contributed by atoms with Gasteiger partial charge in [0.15, 0.2) is 5.16 Å². The number of fused-ring (bicyclic) bond motifs is 1. The summed E-state index contributed by atoms with van der Waals surface area (Å²) in [6.07, 6.45) is 0.632. The fourth-order valence-electron chi connectivity index (χ4n) is 3.46. The van der Waals surface area contributed by atoms with Gasteiger partial charge in [-0.2, -0.15) is 0 Å². The maximum Gasteiger partial charge on any atom is 0.337 e. The smallest absolute Gasteiger partial charge is 0.337 e. The van der Waals surface area contributed by atoms with Gasteiger partial charge in [0.2, 0.25) is 5.91 Å². The summed E-state index contributed by atoms with van der Waals surface area (Å²) in [7, 11) is 0. The summed E-state index contributed by atoms with van der Waals surface area (Å²) >= 11 is 6.99. The van der Waals surface area contributed by atoms with Crippen LogP contribution in [0.15, 0.2) is 82.7 Å². The highest BCUT2D eigenvalue weighted by Gasteiger charge is 2.16. The Morgan fingerprint density at radius 3 is 2.53 bits per heavy atom. The van der Waals surface area contributed by atoms with Crippen molar-refractivity contribution in [3.8, 4) is 0 Å². The molecule has 0 unspecified atom stereocenters. The van der Waals surface area contributed by atoms with Crippen molar-refractivity contribution in [3.05, 3.63) is 99.3 Å². The lowest BCUT2D eigenvalue weighted by Crippen LogP contribution is -2.25. The number of carboxylic acid groups (broad SMARTS) is 1. The summed E-state index contributed by atoms with van der Waals surface area (Å²) in [5.41, 5.74) is 1.51. The van der Waals surface area contributed by atoms with E-state index in [0.29, 0.717) is 29.0 Å². The third kappa shape index (κ3) is 5.47. The molecule has 1 amide bonds. The molecule has 4 aromatic rings. The molecular weight excluding hydrogens is 474 g/mol. The predicted molar refractivity (Wildman–Crippen MR) is 134 cm³/mol. The van der Waals surface area contributed by atoms with Crippen molar-refractivity contribution >= 4 is 51.8 Å². The van der Waals surface area contributed by atoms with E-state index in [9.17, 15) is 19.5 Å². The fourth-order valence-corrected chi connectivity index (χ4v) is 4.46. The van der Waals surface area contributed by atoms with Crippen LogP contribution in [-0.4, -0.2) is 32.3 Å². The van der Waals surface area contributed by atoms with Crippen molar-refractivity contribution in [3.63, 3.8) is 0 Å². The molecule has 9 heteroatoms. The number of thioether (sulfide) groups is 1. The second kappa shape index (κ2) is 10.5. The van der Waals surface area contributed by atoms with E-state index in [1.165, 1.54) is 18.2 Å². The van der Waals surface area contributed by atoms with Crippen LogP contribution in [-0.2, 0) is 17.8 Å². The molecule has 172 valence electrons. The number of anilines is 1. The van der Waals surface area contributed by atoms with Crippen LogP contribution in [0.1, 0.15) is 15.9 Å². The molecule has 4 rings (SSSR count). The van der Waals surface area contributed by atoms with E-state index in [-0.39, 0.29) is 27.6 Å². The summed E-state index contributed by atoms with van der Waals surface area (Å²) < 4.78 is 1.58. The van der Waals surface area contributed by atoms with Crippen LogP contribution in [0, 0.1) is 0 Å². The second-order valence-corrected chi connectivity index (χ2v) is 8.81. The number of nitrogens with zero attached hydrogens (tertiary/aromatic N) is 2. The summed E-state index contributed by atoms with van der Waals surface area (Å²) in [6.45, 7) is 0.408. The van der Waals surface area contributed by atoms with Crippen molar-refractivity contribution in [2.45, 2.75) is 18.1 Å². The number of nitrogens with one attached hydrogen (secondary N) is 1. The van der Waals surface area contributed by atoms with Crippen LogP contribution in [0.5, 0.6) is 0 Å². The zero-order valence-corrected chi connectivity index (χ0v) is 19.5. The first kappa shape index (κ1) is 23.5. The highest BCUT2D eigenvalue weighted by Crippen LogP contribution is 2.23. The number of carboxylic acids is 1. The number of benzene rings is 3. The average Bonchev–Trinajstić information content (AvgIpc) is 2.84. The van der Waals surface area contributed by atoms with E-state index in [1.807, 2.05) is 30.3 Å². The normalized spacial score (nSPS) is 10.9. The number of halogens is 1. The highest BCUT2D eigenvalue weighted by atomic mass is 35.5. The van der Waals surface area contributed by atoms with Crippen LogP contribution in [0.2, 0.25) is 5.02 Å². The lowest BCUT2D eigenvalue weighted by molar-refractivity contribution is -0.113. The van der Waals surface area contributed by atoms with Crippen LogP contribution in [0.4, 0.5) is 5.69 Å². The number of aryl methyl sites for hydroxylation is 1. The molecule has 0 aliphatic rings. The summed E-state index contributed by atoms with van der Waals surface area (Å²) in [5.74, 6) is -1.68. The Bertz CT molecular complexity index is 1420. The predicted octanol–water partition coefficient (Wildman–Crippen LogP) is 4.72. The van der Waals surface area contributed by atoms with Gasteiger partial charge in [0.25, 0.3) is 5.56 Å². The molecule has 0 saturated carbocycles. The van der Waals surface area contributed by atoms with E-state index in [0.717, 1.165) is 17.3 Å². The zero-order valence-electron chi connectivity index (χ0n) is 17.9. The van der Waals surface area contributed by atoms with Gasteiger partial charge in [0.05, 0.1) is 27.9 Å². The lowest BCUT2D eigenvalue weighted by atomic mass is 10.1. The molecule has 3 aromatic carbocycles. The monoisotopic (exact) mass is 493 g/mol. The fraction of sp³-hybridized carbons (Fsp3) is 0.120. The number of aromatic nitrogens is 2. The van der Waals surface area contributed by atoms with Crippen LogP contribution in [0.25, 0.3) is 10.9 Å². The summed E-state index contributed by atoms with van der Waals surface area (Å²) in [4.78, 5) is 41.9. The Labute approximate surface area is 204 Å². The first-order valence-corrected chi connectivity index (χ1v) is 11.8. The number of hydrogen-bond acceptors (Lipinski definition) is 5. The van der Waals surface area contributed by atoms with Crippen LogP contribution in [0.3, 0.4) is 0 Å². The molecule has 0 radical (unpaired) electrons. The van der Waals surface area contributed by atoms with Crippen molar-refractivity contribution in [1.29, 1.82) is 0 Å². The number of rotatable bonds is 8. The van der Waals surface area contributed by atoms with Gasteiger partial charge in [-0.1, -0.05) is 65.8 Å². The van der Waals surface area contributed by atoms with Crippen molar-refractivity contribution in [2.24, 2.45) is 0 Å². The minimum Gasteiger partial charge on any atom is -0.478 e. The topological polar surface area (TPSA) is 101 Å². The van der Waals surface area contributed by atoms with Gasteiger partial charge in [0.1, 0.15) is 0 Å². The highest BCUT2D eigenvalue weighted by molar-refractivity contribution is 7.99. The van der Waals surface area contributed by atoms with Gasteiger partial charge in [-0.25, -0.2) is 9.78 Å². The zero-order chi connectivity index (χ0) is 24.1. The molecule has 7 nitrogen and oxygen atoms in total. The Balaban J connectivity index is 1.56. The number of aromatic carboxylic acids is 1. The molecule has 0 bridgehead atoms. The minimum absolute atomic E-state index is 0.0577. The quantitative estimate of drug-likeness (QED) is 0.272. The minimum atomic E-state index is -1.20. The van der Waals surface area contributed by atoms with Crippen molar-refractivity contribution in [1.82, 2.24) is 9.55 Å². The average molecular weight is 494 g/mol. The molecule has 0 aliphatic heterocycles. The Kier molecular flexibility index (Phi) is 7.30. The third-order valence-corrected chi connectivity index (χ3v) is 6.32. The molecule has 1 heterocycles. The standard InChI is InChI=1S/C25H20ClN3O4S/c26-17-10-11-21(19(14-17)24(32)33)27-22(30)15-34-25-28-20-9-5-4-8-18(20)23(31)29(25)13-12-16-6-2-1-3-7-16/h1-11,14H,12-13,15H2,(H,27,30)(H,32,33). The molecule has 0 saturated heterocycles. The number of amides is 1. The van der Waals surface area contributed by atoms with Gasteiger partial charge in [-0.05, 0) is 42.3 Å². The van der Waals surface area contributed by atoms with Crippen LogP contribution < -0.4 is 10.9 Å². The summed E-state index contributed by atoms with van der Waals surface area (Å²) in [5, 5.41) is 13.2. The van der Waals surface area contributed by atoms with Crippen molar-refractivity contribution in [2.75, 3.05) is 11.1 Å². The lowest BCUT2D eigenvalue weighted by Gasteiger charge is -2.14. The third-order valence-electron chi connectivity index (χ3n) is 5.11. The Morgan fingerprint density at radius 1 is 1.03 bits per heavy atom. The maximum atomic E-state index is 13.2. The molecule has 0 aliphatic carbocycles. The van der Waals surface area contributed by atoms with E-state index < -0.39 is 11.9 Å². The van der Waals surface area contributed by atoms with E-state index in [2.05, 4.69) is 10.3 Å². The molecule has 1 aromatic heterocycles. The Morgan fingerprint density at radius 2 is 1.76 bits per heavy atom. The first-order valence-electron chi connectivity index (χ1n) is 10.4. The number of carbonyl (C=O) groups is 2. The van der Waals surface area contributed by atoms with Gasteiger partial charge in [-0.15, -0.1) is 0 Å². The number of para-hydroxylation sites is 1. The van der Waals surface area contributed by atoms with Gasteiger partial charge < -0.3 is 10.4 Å². The SMILES string of the molecule is O=C(CSc1nc2ccccc2c(=O)n1CCc1ccccc1)Nc1ccc(Cl)cc1C(=O)O. The molecule has 2 N–H and O–H groups in total. The Hall–Kier alpha value is -3.62. The second-order valence-electron chi connectivity index (χ2n) is 7.44. The van der Waals surface area contributed by atoms with Gasteiger partial charge in [0, 0.05) is 11.6 Å². The molecule has 34 heavy (non-hydrogen) atoms. The van der Waals surface area contributed by atoms with E-state index in [4.69, 9.17) is 11.6 Å². The molecular formula is C25H20ClN3O4S. The van der Waals surface area contributed by atoms with Gasteiger partial charge in [-0.3, -0.25) is 14.2 Å². The molecule has 0 atom stereocenters. The maximum absolute atomic E-state index is 13.2. The molecule has 0 spiro atoms. The van der Waals surface area contributed by atoms with E-state index >= 15 is 0 Å². The first-order chi connectivity index (χ1) is 16.4. The van der Waals surface area contributed by atoms with Crippen molar-refractivity contribution < 1.29 is 14.7 Å². The largest absolute Gasteiger partial charge is 0.478 e. The van der Waals surface area contributed by atoms with Crippen LogP contribution >= 0.6 is 23.4 Å². The number of hydrogen-bond donors (Lipinski definition) is 2. The molecule has 0 fully saturated rings. The van der Waals surface area contributed by atoms with Gasteiger partial charge >= 0.3 is 5.97 Å². The van der Waals surface area contributed by atoms with E-state index in [1.54, 1.807) is 28.8 Å². The summed E-state index contributed by atoms with van der Waals surface area (Å²) in [6, 6.07) is 21.1. The number of carbonyl (C=O) groups excluding carboxylic acids is 1.